The Morgan fingerprint density at radius 3 is 2.61 bits per heavy atom. The Labute approximate surface area is 196 Å². The molecule has 2 aromatic carbocycles. The highest BCUT2D eigenvalue weighted by Crippen LogP contribution is 2.26. The normalized spacial score (nSPS) is 14.7. The van der Waals surface area contributed by atoms with Crippen molar-refractivity contribution in [2.45, 2.75) is 29.4 Å². The molecule has 1 fully saturated rings. The molecule has 0 saturated carbocycles. The Hall–Kier alpha value is -2.89. The van der Waals surface area contributed by atoms with Crippen LogP contribution < -0.4 is 10.1 Å². The van der Waals surface area contributed by atoms with Crippen molar-refractivity contribution < 1.29 is 22.4 Å². The van der Waals surface area contributed by atoms with Gasteiger partial charge in [0.2, 0.25) is 21.8 Å². The van der Waals surface area contributed by atoms with E-state index in [1.807, 2.05) is 0 Å². The third-order valence-corrected chi connectivity index (χ3v) is 7.85. The molecule has 0 aliphatic carbocycles. The summed E-state index contributed by atoms with van der Waals surface area (Å²) in [6.07, 6.45) is 2.77. The zero-order valence-electron chi connectivity index (χ0n) is 18.1. The van der Waals surface area contributed by atoms with Crippen molar-refractivity contribution in [1.29, 1.82) is 0 Å². The zero-order chi connectivity index (χ0) is 23.3. The summed E-state index contributed by atoms with van der Waals surface area (Å²) in [7, 11) is -1.98. The first-order valence-corrected chi connectivity index (χ1v) is 12.9. The highest BCUT2D eigenvalue weighted by Gasteiger charge is 2.26. The first-order chi connectivity index (χ1) is 16.0. The highest BCUT2D eigenvalue weighted by atomic mass is 32.2. The van der Waals surface area contributed by atoms with Crippen LogP contribution in [-0.4, -0.2) is 54.8 Å². The molecule has 1 saturated heterocycles. The molecule has 0 spiro atoms. The van der Waals surface area contributed by atoms with E-state index in [1.54, 1.807) is 49.6 Å². The van der Waals surface area contributed by atoms with Gasteiger partial charge in [-0.1, -0.05) is 24.2 Å². The minimum atomic E-state index is -3.57. The molecular formula is C22H24N4O5S2. The van der Waals surface area contributed by atoms with Crippen molar-refractivity contribution in [2.24, 2.45) is 0 Å². The van der Waals surface area contributed by atoms with E-state index in [9.17, 15) is 13.2 Å². The quantitative estimate of drug-likeness (QED) is 0.478. The van der Waals surface area contributed by atoms with Crippen LogP contribution in [0, 0.1) is 0 Å². The molecule has 0 atom stereocenters. The lowest BCUT2D eigenvalue weighted by Gasteiger charge is -2.26. The summed E-state index contributed by atoms with van der Waals surface area (Å²) in [6.45, 7) is 1.05. The van der Waals surface area contributed by atoms with Gasteiger partial charge in [-0.3, -0.25) is 4.79 Å². The number of hydrogen-bond acceptors (Lipinski definition) is 8. The fraction of sp³-hybridized carbons (Fsp3) is 0.318. The molecule has 9 nitrogen and oxygen atoms in total. The average molecular weight is 489 g/mol. The second kappa shape index (κ2) is 10.4. The Morgan fingerprint density at radius 2 is 1.88 bits per heavy atom. The number of carbonyl (C=O) groups excluding carboxylic acids is 1. The number of aromatic nitrogens is 2. The van der Waals surface area contributed by atoms with E-state index in [0.29, 0.717) is 24.7 Å². The molecule has 1 aliphatic rings. The number of hydrogen-bond donors (Lipinski definition) is 1. The summed E-state index contributed by atoms with van der Waals surface area (Å²) in [5, 5.41) is 11.0. The van der Waals surface area contributed by atoms with Gasteiger partial charge < -0.3 is 14.5 Å². The SMILES string of the molecule is COc1ccc(-c2nnc(SCC(=O)Nc3cccc(S(=O)(=O)N4CCCCC4)c3)o2)cc1. The van der Waals surface area contributed by atoms with Crippen molar-refractivity contribution in [3.05, 3.63) is 48.5 Å². The van der Waals surface area contributed by atoms with Gasteiger partial charge in [0.05, 0.1) is 17.8 Å². The molecule has 11 heteroatoms. The maximum atomic E-state index is 12.9. The Balaban J connectivity index is 1.35. The van der Waals surface area contributed by atoms with Crippen LogP contribution in [0.1, 0.15) is 19.3 Å². The van der Waals surface area contributed by atoms with Gasteiger partial charge in [0.1, 0.15) is 5.75 Å². The smallest absolute Gasteiger partial charge is 0.277 e. The largest absolute Gasteiger partial charge is 0.497 e. The van der Waals surface area contributed by atoms with Gasteiger partial charge in [-0.2, -0.15) is 4.31 Å². The van der Waals surface area contributed by atoms with Crippen molar-refractivity contribution in [2.75, 3.05) is 31.3 Å². The van der Waals surface area contributed by atoms with Crippen LogP contribution in [0.15, 0.2) is 63.1 Å². The number of piperidine rings is 1. The van der Waals surface area contributed by atoms with Crippen LogP contribution in [-0.2, 0) is 14.8 Å². The van der Waals surface area contributed by atoms with Gasteiger partial charge in [-0.25, -0.2) is 8.42 Å². The van der Waals surface area contributed by atoms with E-state index in [0.717, 1.165) is 42.3 Å². The van der Waals surface area contributed by atoms with Gasteiger partial charge in [0.15, 0.2) is 0 Å². The van der Waals surface area contributed by atoms with Crippen molar-refractivity contribution >= 4 is 33.4 Å². The van der Waals surface area contributed by atoms with Crippen LogP contribution in [0.25, 0.3) is 11.5 Å². The molecule has 4 rings (SSSR count). The molecule has 0 radical (unpaired) electrons. The maximum absolute atomic E-state index is 12.9. The van der Waals surface area contributed by atoms with Crippen molar-refractivity contribution in [1.82, 2.24) is 14.5 Å². The number of carbonyl (C=O) groups is 1. The van der Waals surface area contributed by atoms with Gasteiger partial charge in [0.25, 0.3) is 5.22 Å². The fourth-order valence-electron chi connectivity index (χ4n) is 3.43. The third-order valence-electron chi connectivity index (χ3n) is 5.14. The second-order valence-corrected chi connectivity index (χ2v) is 10.3. The van der Waals surface area contributed by atoms with E-state index in [1.165, 1.54) is 10.4 Å². The molecule has 1 amide bonds. The Kier molecular flexibility index (Phi) is 7.31. The standard InChI is InChI=1S/C22H24N4O5S2/c1-30-18-10-8-16(9-11-18)21-24-25-22(31-21)32-15-20(27)23-17-6-5-7-19(14-17)33(28,29)26-12-3-2-4-13-26/h5-11,14H,2-4,12-13,15H2,1H3,(H,23,27). The Bertz CT molecular complexity index is 1210. The molecule has 2 heterocycles. The number of amides is 1. The minimum absolute atomic E-state index is 0.0351. The van der Waals surface area contributed by atoms with E-state index in [-0.39, 0.29) is 21.8 Å². The summed E-state index contributed by atoms with van der Waals surface area (Å²) < 4.78 is 38.0. The van der Waals surface area contributed by atoms with E-state index >= 15 is 0 Å². The predicted octanol–water partition coefficient (Wildman–Crippen LogP) is 3.65. The second-order valence-electron chi connectivity index (χ2n) is 7.43. The van der Waals surface area contributed by atoms with Crippen LogP contribution >= 0.6 is 11.8 Å². The summed E-state index contributed by atoms with van der Waals surface area (Å²) in [6, 6.07) is 13.5. The maximum Gasteiger partial charge on any atom is 0.277 e. The molecule has 174 valence electrons. The number of benzene rings is 2. The van der Waals surface area contributed by atoms with Crippen LogP contribution in [0.5, 0.6) is 5.75 Å². The summed E-state index contributed by atoms with van der Waals surface area (Å²) in [5.74, 6) is 0.790. The topological polar surface area (TPSA) is 115 Å². The molecule has 1 aliphatic heterocycles. The van der Waals surface area contributed by atoms with Gasteiger partial charge in [0, 0.05) is 24.3 Å². The minimum Gasteiger partial charge on any atom is -0.497 e. The lowest BCUT2D eigenvalue weighted by molar-refractivity contribution is -0.113. The van der Waals surface area contributed by atoms with E-state index < -0.39 is 10.0 Å². The van der Waals surface area contributed by atoms with Crippen molar-refractivity contribution in [3.8, 4) is 17.2 Å². The molecule has 0 unspecified atom stereocenters. The summed E-state index contributed by atoms with van der Waals surface area (Å²) in [5.41, 5.74) is 1.16. The molecular weight excluding hydrogens is 464 g/mol. The molecule has 3 aromatic rings. The number of anilines is 1. The summed E-state index contributed by atoms with van der Waals surface area (Å²) in [4.78, 5) is 12.6. The monoisotopic (exact) mass is 488 g/mol. The van der Waals surface area contributed by atoms with Crippen LogP contribution in [0.3, 0.4) is 0 Å². The molecule has 0 bridgehead atoms. The molecule has 1 aromatic heterocycles. The van der Waals surface area contributed by atoms with Crippen molar-refractivity contribution in [3.63, 3.8) is 0 Å². The number of sulfonamides is 1. The number of nitrogens with zero attached hydrogens (tertiary/aromatic N) is 3. The number of ether oxygens (including phenoxy) is 1. The third kappa shape index (κ3) is 5.73. The van der Waals surface area contributed by atoms with E-state index in [4.69, 9.17) is 9.15 Å². The Morgan fingerprint density at radius 1 is 1.12 bits per heavy atom. The highest BCUT2D eigenvalue weighted by molar-refractivity contribution is 7.99. The first kappa shape index (κ1) is 23.3. The number of thioether (sulfide) groups is 1. The number of rotatable bonds is 8. The zero-order valence-corrected chi connectivity index (χ0v) is 19.7. The lowest BCUT2D eigenvalue weighted by Crippen LogP contribution is -2.35. The first-order valence-electron chi connectivity index (χ1n) is 10.5. The fourth-order valence-corrected chi connectivity index (χ4v) is 5.56. The predicted molar refractivity (Wildman–Crippen MR) is 125 cm³/mol. The van der Waals surface area contributed by atoms with E-state index in [2.05, 4.69) is 15.5 Å². The van der Waals surface area contributed by atoms with Gasteiger partial charge in [-0.15, -0.1) is 10.2 Å². The van der Waals surface area contributed by atoms with Crippen LogP contribution in [0.2, 0.25) is 0 Å². The number of nitrogens with one attached hydrogen (secondary N) is 1. The average Bonchev–Trinajstić information content (AvgIpc) is 3.33. The summed E-state index contributed by atoms with van der Waals surface area (Å²) >= 11 is 1.10. The van der Waals surface area contributed by atoms with Gasteiger partial charge >= 0.3 is 0 Å². The molecule has 33 heavy (non-hydrogen) atoms. The van der Waals surface area contributed by atoms with Gasteiger partial charge in [-0.05, 0) is 55.3 Å². The van der Waals surface area contributed by atoms with Crippen LogP contribution in [0.4, 0.5) is 5.69 Å². The number of methoxy groups -OCH3 is 1. The lowest BCUT2D eigenvalue weighted by atomic mass is 10.2. The molecule has 1 N–H and O–H groups in total.